The van der Waals surface area contributed by atoms with E-state index < -0.39 is 0 Å². The van der Waals surface area contributed by atoms with E-state index in [0.29, 0.717) is 11.3 Å². The second-order valence-corrected chi connectivity index (χ2v) is 7.78. The van der Waals surface area contributed by atoms with Gasteiger partial charge in [-0.1, -0.05) is 30.3 Å². The fraction of sp³-hybridized carbons (Fsp3) is 0.280. The molecule has 0 aliphatic rings. The second-order valence-electron chi connectivity index (χ2n) is 7.78. The number of furan rings is 1. The van der Waals surface area contributed by atoms with E-state index in [1.54, 1.807) is 46.2 Å². The fourth-order valence-electron chi connectivity index (χ4n) is 3.28. The van der Waals surface area contributed by atoms with E-state index in [0.717, 1.165) is 11.3 Å². The van der Waals surface area contributed by atoms with Crippen molar-refractivity contribution >= 4 is 11.8 Å². The molecular formula is C25H27FN2O3. The van der Waals surface area contributed by atoms with Crippen molar-refractivity contribution in [3.8, 4) is 0 Å². The third-order valence-corrected chi connectivity index (χ3v) is 4.99. The first kappa shape index (κ1) is 22.3. The summed E-state index contributed by atoms with van der Waals surface area (Å²) < 4.78 is 19.0. The van der Waals surface area contributed by atoms with Crippen LogP contribution < -0.4 is 0 Å². The Kier molecular flexibility index (Phi) is 7.23. The molecule has 0 bridgehead atoms. The minimum Gasteiger partial charge on any atom is -0.464 e. The van der Waals surface area contributed by atoms with Crippen molar-refractivity contribution in [1.29, 1.82) is 0 Å². The van der Waals surface area contributed by atoms with Crippen LogP contribution in [0.4, 0.5) is 4.39 Å². The van der Waals surface area contributed by atoms with Crippen molar-refractivity contribution in [3.63, 3.8) is 0 Å². The molecule has 0 radical (unpaired) electrons. The molecule has 0 saturated heterocycles. The number of rotatable bonds is 8. The number of amides is 2. The van der Waals surface area contributed by atoms with E-state index in [1.807, 2.05) is 39.0 Å². The molecule has 6 heteroatoms. The summed E-state index contributed by atoms with van der Waals surface area (Å²) >= 11 is 0. The van der Waals surface area contributed by atoms with Gasteiger partial charge in [0.2, 0.25) is 5.91 Å². The van der Waals surface area contributed by atoms with Crippen LogP contribution in [-0.4, -0.2) is 34.2 Å². The Bertz CT molecular complexity index is 1010. The lowest BCUT2D eigenvalue weighted by molar-refractivity contribution is -0.133. The number of benzene rings is 2. The van der Waals surface area contributed by atoms with Gasteiger partial charge in [0.05, 0.1) is 6.54 Å². The SMILES string of the molecule is Cc1ccc(CN(Cc2ccc(F)cc2)C(=O)CN(C(=O)c2ccccc2)C(C)C)o1. The monoisotopic (exact) mass is 422 g/mol. The van der Waals surface area contributed by atoms with Gasteiger partial charge in [-0.05, 0) is 62.7 Å². The summed E-state index contributed by atoms with van der Waals surface area (Å²) in [5.41, 5.74) is 1.33. The van der Waals surface area contributed by atoms with Gasteiger partial charge in [-0.15, -0.1) is 0 Å². The zero-order valence-electron chi connectivity index (χ0n) is 18.0. The number of hydrogen-bond donors (Lipinski definition) is 0. The molecule has 31 heavy (non-hydrogen) atoms. The molecule has 2 amide bonds. The van der Waals surface area contributed by atoms with Crippen molar-refractivity contribution in [1.82, 2.24) is 9.80 Å². The van der Waals surface area contributed by atoms with Crippen LogP contribution in [0.2, 0.25) is 0 Å². The Morgan fingerprint density at radius 1 is 0.935 bits per heavy atom. The number of nitrogens with zero attached hydrogens (tertiary/aromatic N) is 2. The Morgan fingerprint density at radius 3 is 2.19 bits per heavy atom. The number of hydrogen-bond acceptors (Lipinski definition) is 3. The van der Waals surface area contributed by atoms with E-state index in [1.165, 1.54) is 12.1 Å². The van der Waals surface area contributed by atoms with Gasteiger partial charge in [0.15, 0.2) is 0 Å². The molecule has 0 aliphatic heterocycles. The van der Waals surface area contributed by atoms with Crippen LogP contribution in [0, 0.1) is 12.7 Å². The largest absolute Gasteiger partial charge is 0.464 e. The van der Waals surface area contributed by atoms with Gasteiger partial charge in [-0.25, -0.2) is 4.39 Å². The lowest BCUT2D eigenvalue weighted by Crippen LogP contribution is -2.45. The number of carbonyl (C=O) groups is 2. The van der Waals surface area contributed by atoms with E-state index in [4.69, 9.17) is 4.42 Å². The zero-order valence-corrected chi connectivity index (χ0v) is 18.0. The Morgan fingerprint density at radius 2 is 1.61 bits per heavy atom. The quantitative estimate of drug-likeness (QED) is 0.524. The first-order chi connectivity index (χ1) is 14.8. The highest BCUT2D eigenvalue weighted by molar-refractivity contribution is 5.96. The predicted molar refractivity (Wildman–Crippen MR) is 117 cm³/mol. The molecule has 1 aromatic heterocycles. The van der Waals surface area contributed by atoms with E-state index in [2.05, 4.69) is 0 Å². The Hall–Kier alpha value is -3.41. The van der Waals surface area contributed by atoms with Gasteiger partial charge in [-0.3, -0.25) is 9.59 Å². The molecule has 5 nitrogen and oxygen atoms in total. The van der Waals surface area contributed by atoms with Gasteiger partial charge >= 0.3 is 0 Å². The smallest absolute Gasteiger partial charge is 0.254 e. The summed E-state index contributed by atoms with van der Waals surface area (Å²) in [7, 11) is 0. The highest BCUT2D eigenvalue weighted by atomic mass is 19.1. The maximum atomic E-state index is 13.3. The molecular weight excluding hydrogens is 395 g/mol. The fourth-order valence-corrected chi connectivity index (χ4v) is 3.28. The molecule has 2 aromatic carbocycles. The van der Waals surface area contributed by atoms with Crippen LogP contribution in [0.3, 0.4) is 0 Å². The average molecular weight is 423 g/mol. The van der Waals surface area contributed by atoms with Crippen LogP contribution >= 0.6 is 0 Å². The van der Waals surface area contributed by atoms with Crippen LogP contribution in [0.15, 0.2) is 71.1 Å². The van der Waals surface area contributed by atoms with Gasteiger partial charge < -0.3 is 14.2 Å². The highest BCUT2D eigenvalue weighted by Crippen LogP contribution is 2.16. The first-order valence-electron chi connectivity index (χ1n) is 10.3. The standard InChI is InChI=1S/C25H27FN2O3/c1-18(2)28(25(30)21-7-5-4-6-8-21)17-24(29)27(16-23-14-9-19(3)31-23)15-20-10-12-22(26)13-11-20/h4-14,18H,15-17H2,1-3H3. The molecule has 0 saturated carbocycles. The zero-order chi connectivity index (χ0) is 22.4. The molecule has 1 heterocycles. The number of halogens is 1. The number of carbonyl (C=O) groups excluding carboxylic acids is 2. The van der Waals surface area contributed by atoms with Crippen LogP contribution in [-0.2, 0) is 17.9 Å². The molecule has 0 fully saturated rings. The second kappa shape index (κ2) is 10.1. The van der Waals surface area contributed by atoms with Crippen LogP contribution in [0.5, 0.6) is 0 Å². The normalized spacial score (nSPS) is 10.9. The lowest BCUT2D eigenvalue weighted by atomic mass is 10.1. The minimum atomic E-state index is -0.331. The van der Waals surface area contributed by atoms with E-state index >= 15 is 0 Å². The predicted octanol–water partition coefficient (Wildman–Crippen LogP) is 4.81. The molecule has 0 N–H and O–H groups in total. The van der Waals surface area contributed by atoms with E-state index in [-0.39, 0.29) is 43.3 Å². The van der Waals surface area contributed by atoms with Crippen molar-refractivity contribution in [2.45, 2.75) is 39.9 Å². The summed E-state index contributed by atoms with van der Waals surface area (Å²) in [6, 6.07) is 18.5. The maximum Gasteiger partial charge on any atom is 0.254 e. The van der Waals surface area contributed by atoms with Gasteiger partial charge in [0, 0.05) is 18.2 Å². The molecule has 3 rings (SSSR count). The molecule has 0 atom stereocenters. The van der Waals surface area contributed by atoms with Crippen molar-refractivity contribution in [2.24, 2.45) is 0 Å². The summed E-state index contributed by atoms with van der Waals surface area (Å²) in [4.78, 5) is 29.5. The average Bonchev–Trinajstić information content (AvgIpc) is 3.17. The molecule has 0 spiro atoms. The summed E-state index contributed by atoms with van der Waals surface area (Å²) in [6.07, 6.45) is 0. The summed E-state index contributed by atoms with van der Waals surface area (Å²) in [5, 5.41) is 0. The third kappa shape index (κ3) is 6.04. The lowest BCUT2D eigenvalue weighted by Gasteiger charge is -2.30. The Labute approximate surface area is 182 Å². The summed E-state index contributed by atoms with van der Waals surface area (Å²) in [5.74, 6) is 0.671. The van der Waals surface area contributed by atoms with Crippen molar-refractivity contribution < 1.29 is 18.4 Å². The van der Waals surface area contributed by atoms with Gasteiger partial charge in [0.25, 0.3) is 5.91 Å². The molecule has 3 aromatic rings. The highest BCUT2D eigenvalue weighted by Gasteiger charge is 2.25. The van der Waals surface area contributed by atoms with Crippen LogP contribution in [0.25, 0.3) is 0 Å². The van der Waals surface area contributed by atoms with E-state index in [9.17, 15) is 14.0 Å². The minimum absolute atomic E-state index is 0.0632. The maximum absolute atomic E-state index is 13.3. The Balaban J connectivity index is 1.81. The number of aryl methyl sites for hydroxylation is 1. The van der Waals surface area contributed by atoms with Crippen LogP contribution in [0.1, 0.15) is 41.3 Å². The molecule has 0 unspecified atom stereocenters. The van der Waals surface area contributed by atoms with Crippen molar-refractivity contribution in [2.75, 3.05) is 6.54 Å². The topological polar surface area (TPSA) is 53.8 Å². The third-order valence-electron chi connectivity index (χ3n) is 4.99. The van der Waals surface area contributed by atoms with Gasteiger partial charge in [-0.2, -0.15) is 0 Å². The van der Waals surface area contributed by atoms with Crippen molar-refractivity contribution in [3.05, 3.63) is 95.2 Å². The summed E-state index contributed by atoms with van der Waals surface area (Å²) in [6.45, 7) is 6.09. The van der Waals surface area contributed by atoms with Gasteiger partial charge in [0.1, 0.15) is 23.9 Å². The molecule has 0 aliphatic carbocycles. The molecule has 162 valence electrons. The first-order valence-corrected chi connectivity index (χ1v) is 10.3.